The lowest BCUT2D eigenvalue weighted by molar-refractivity contribution is -0.142. The van der Waals surface area contributed by atoms with Gasteiger partial charge in [0.15, 0.2) is 6.61 Å². The maximum Gasteiger partial charge on any atom is 0.261 e. The second-order valence-electron chi connectivity index (χ2n) is 9.65. The molecule has 0 fully saturated rings. The van der Waals surface area contributed by atoms with Gasteiger partial charge in [0, 0.05) is 13.1 Å². The van der Waals surface area contributed by atoms with Crippen LogP contribution >= 0.6 is 15.9 Å². The first-order chi connectivity index (χ1) is 15.4. The Morgan fingerprint density at radius 2 is 1.73 bits per heavy atom. The number of nitrogens with one attached hydrogen (secondary N) is 1. The fraction of sp³-hybridized carbons (Fsp3) is 0.462. The summed E-state index contributed by atoms with van der Waals surface area (Å²) in [7, 11) is 0. The molecule has 0 aliphatic rings. The van der Waals surface area contributed by atoms with Gasteiger partial charge in [-0.25, -0.2) is 4.39 Å². The third-order valence-corrected chi connectivity index (χ3v) is 5.89. The van der Waals surface area contributed by atoms with Gasteiger partial charge in [0.05, 0.1) is 4.47 Å². The van der Waals surface area contributed by atoms with Gasteiger partial charge < -0.3 is 15.0 Å². The predicted molar refractivity (Wildman–Crippen MR) is 133 cm³/mol. The number of hydrogen-bond donors (Lipinski definition) is 1. The Morgan fingerprint density at radius 3 is 2.27 bits per heavy atom. The van der Waals surface area contributed by atoms with Gasteiger partial charge in [-0.15, -0.1) is 0 Å². The predicted octanol–water partition coefficient (Wildman–Crippen LogP) is 5.45. The summed E-state index contributed by atoms with van der Waals surface area (Å²) in [5, 5.41) is 2.87. The summed E-state index contributed by atoms with van der Waals surface area (Å²) in [6.45, 7) is 12.5. The standard InChI is InChI=1S/C26H34BrFN2O3/c1-17(2)14-29-25(32)18(3)30(15-19-7-10-21(28)11-8-19)24(31)16-33-23-12-9-20(13-22(23)27)26(4,5)6/h7-13,17-18H,14-16H2,1-6H3,(H,29,32)/t18-/m0/s1. The van der Waals surface area contributed by atoms with Gasteiger partial charge in [-0.3, -0.25) is 9.59 Å². The van der Waals surface area contributed by atoms with Gasteiger partial charge in [-0.2, -0.15) is 0 Å². The second-order valence-corrected chi connectivity index (χ2v) is 10.5. The van der Waals surface area contributed by atoms with Gasteiger partial charge in [0.2, 0.25) is 5.91 Å². The number of rotatable bonds is 9. The molecular weight excluding hydrogens is 487 g/mol. The summed E-state index contributed by atoms with van der Waals surface area (Å²) in [6.07, 6.45) is 0. The van der Waals surface area contributed by atoms with E-state index >= 15 is 0 Å². The molecule has 5 nitrogen and oxygen atoms in total. The zero-order valence-electron chi connectivity index (χ0n) is 20.2. The van der Waals surface area contributed by atoms with Crippen molar-refractivity contribution in [2.45, 2.75) is 59.5 Å². The number of halogens is 2. The molecule has 1 N–H and O–H groups in total. The highest BCUT2D eigenvalue weighted by molar-refractivity contribution is 9.10. The number of nitrogens with zero attached hydrogens (tertiary/aromatic N) is 1. The van der Waals surface area contributed by atoms with E-state index in [9.17, 15) is 14.0 Å². The Kier molecular flexibility index (Phi) is 9.46. The molecule has 0 spiro atoms. The van der Waals surface area contributed by atoms with Crippen molar-refractivity contribution in [2.75, 3.05) is 13.2 Å². The van der Waals surface area contributed by atoms with Crippen molar-refractivity contribution < 1.29 is 18.7 Å². The topological polar surface area (TPSA) is 58.6 Å². The van der Waals surface area contributed by atoms with Crippen LogP contribution in [0.3, 0.4) is 0 Å². The Hall–Kier alpha value is -2.41. The largest absolute Gasteiger partial charge is 0.483 e. The van der Waals surface area contributed by atoms with Crippen LogP contribution in [0.4, 0.5) is 4.39 Å². The van der Waals surface area contributed by atoms with Crippen molar-refractivity contribution in [3.63, 3.8) is 0 Å². The number of amides is 2. The van der Waals surface area contributed by atoms with E-state index in [1.807, 2.05) is 32.0 Å². The zero-order chi connectivity index (χ0) is 24.8. The lowest BCUT2D eigenvalue weighted by Crippen LogP contribution is -2.49. The highest BCUT2D eigenvalue weighted by Gasteiger charge is 2.27. The van der Waals surface area contributed by atoms with Crippen LogP contribution in [-0.2, 0) is 21.5 Å². The van der Waals surface area contributed by atoms with E-state index in [0.717, 1.165) is 15.6 Å². The van der Waals surface area contributed by atoms with Crippen LogP contribution in [0, 0.1) is 11.7 Å². The molecule has 1 atom stereocenters. The summed E-state index contributed by atoms with van der Waals surface area (Å²) < 4.78 is 19.9. The third kappa shape index (κ3) is 8.14. The molecule has 0 radical (unpaired) electrons. The molecule has 7 heteroatoms. The molecular formula is C26H34BrFN2O3. The minimum atomic E-state index is -0.711. The highest BCUT2D eigenvalue weighted by atomic mass is 79.9. The van der Waals surface area contributed by atoms with E-state index in [0.29, 0.717) is 18.2 Å². The number of benzene rings is 2. The molecule has 2 aromatic rings. The molecule has 0 aromatic heterocycles. The van der Waals surface area contributed by atoms with Crippen LogP contribution in [0.5, 0.6) is 5.75 Å². The van der Waals surface area contributed by atoms with Gasteiger partial charge >= 0.3 is 0 Å². The lowest BCUT2D eigenvalue weighted by Gasteiger charge is -2.29. The summed E-state index contributed by atoms with van der Waals surface area (Å²) in [4.78, 5) is 27.3. The average Bonchev–Trinajstić information content (AvgIpc) is 2.74. The van der Waals surface area contributed by atoms with E-state index in [-0.39, 0.29) is 36.2 Å². The van der Waals surface area contributed by atoms with Crippen molar-refractivity contribution >= 4 is 27.7 Å². The first-order valence-electron chi connectivity index (χ1n) is 11.1. The third-order valence-electron chi connectivity index (χ3n) is 5.27. The minimum Gasteiger partial charge on any atom is -0.483 e. The van der Waals surface area contributed by atoms with Gasteiger partial charge in [-0.1, -0.05) is 52.8 Å². The SMILES string of the molecule is CC(C)CNC(=O)[C@H](C)N(Cc1ccc(F)cc1)C(=O)COc1ccc(C(C)(C)C)cc1Br. The molecule has 33 heavy (non-hydrogen) atoms. The first-order valence-corrected chi connectivity index (χ1v) is 11.9. The maximum absolute atomic E-state index is 13.3. The van der Waals surface area contributed by atoms with Gasteiger partial charge in [0.1, 0.15) is 17.6 Å². The van der Waals surface area contributed by atoms with Gasteiger partial charge in [-0.05, 0) is 69.6 Å². The molecule has 180 valence electrons. The number of hydrogen-bond acceptors (Lipinski definition) is 3. The summed E-state index contributed by atoms with van der Waals surface area (Å²) in [5.41, 5.74) is 1.85. The van der Waals surface area contributed by atoms with E-state index in [1.165, 1.54) is 17.0 Å². The van der Waals surface area contributed by atoms with Crippen LogP contribution < -0.4 is 10.1 Å². The van der Waals surface area contributed by atoms with E-state index in [1.54, 1.807) is 19.1 Å². The molecule has 2 aromatic carbocycles. The number of carbonyl (C=O) groups excluding carboxylic acids is 2. The van der Waals surface area contributed by atoms with E-state index in [2.05, 4.69) is 42.0 Å². The Morgan fingerprint density at radius 1 is 1.09 bits per heavy atom. The Balaban J connectivity index is 2.16. The molecule has 0 heterocycles. The van der Waals surface area contributed by atoms with Crippen molar-refractivity contribution in [2.24, 2.45) is 5.92 Å². The van der Waals surface area contributed by atoms with Crippen LogP contribution in [0.15, 0.2) is 46.9 Å². The molecule has 0 bridgehead atoms. The number of carbonyl (C=O) groups is 2. The van der Waals surface area contributed by atoms with Crippen molar-refractivity contribution in [3.8, 4) is 5.75 Å². The Bertz CT molecular complexity index is 955. The van der Waals surface area contributed by atoms with Crippen molar-refractivity contribution in [1.29, 1.82) is 0 Å². The van der Waals surface area contributed by atoms with E-state index < -0.39 is 6.04 Å². The zero-order valence-corrected chi connectivity index (χ0v) is 21.8. The minimum absolute atomic E-state index is 0.0123. The Labute approximate surface area is 204 Å². The number of ether oxygens (including phenoxy) is 1. The summed E-state index contributed by atoms with van der Waals surface area (Å²) in [6, 6.07) is 11.0. The second kappa shape index (κ2) is 11.6. The van der Waals surface area contributed by atoms with E-state index in [4.69, 9.17) is 4.74 Å². The normalized spacial score (nSPS) is 12.4. The maximum atomic E-state index is 13.3. The van der Waals surface area contributed by atoms with Crippen LogP contribution in [-0.4, -0.2) is 35.9 Å². The molecule has 0 saturated carbocycles. The fourth-order valence-electron chi connectivity index (χ4n) is 3.13. The van der Waals surface area contributed by atoms with Crippen LogP contribution in [0.2, 0.25) is 0 Å². The molecule has 0 aliphatic heterocycles. The highest BCUT2D eigenvalue weighted by Crippen LogP contribution is 2.31. The average molecular weight is 521 g/mol. The van der Waals surface area contributed by atoms with Crippen molar-refractivity contribution in [1.82, 2.24) is 10.2 Å². The van der Waals surface area contributed by atoms with Gasteiger partial charge in [0.25, 0.3) is 5.91 Å². The molecule has 2 amide bonds. The monoisotopic (exact) mass is 520 g/mol. The molecule has 0 saturated heterocycles. The van der Waals surface area contributed by atoms with Crippen LogP contribution in [0.1, 0.15) is 52.7 Å². The lowest BCUT2D eigenvalue weighted by atomic mass is 9.87. The van der Waals surface area contributed by atoms with Crippen molar-refractivity contribution in [3.05, 3.63) is 63.9 Å². The molecule has 2 rings (SSSR count). The first kappa shape index (κ1) is 26.8. The molecule has 0 aliphatic carbocycles. The smallest absolute Gasteiger partial charge is 0.261 e. The summed E-state index contributed by atoms with van der Waals surface area (Å²) >= 11 is 3.52. The van der Waals surface area contributed by atoms with Crippen LogP contribution in [0.25, 0.3) is 0 Å². The fourth-order valence-corrected chi connectivity index (χ4v) is 3.62. The molecule has 0 unspecified atom stereocenters. The summed E-state index contributed by atoms with van der Waals surface area (Å²) in [5.74, 6) is -0.0893. The quantitative estimate of drug-likeness (QED) is 0.477.